The van der Waals surface area contributed by atoms with Gasteiger partial charge >= 0.3 is 0 Å². The molecule has 0 amide bonds. The van der Waals surface area contributed by atoms with E-state index in [2.05, 4.69) is 63.1 Å². The maximum atomic E-state index is 6.12. The Morgan fingerprint density at radius 1 is 1.45 bits per heavy atom. The van der Waals surface area contributed by atoms with Crippen LogP contribution >= 0.6 is 31.9 Å². The van der Waals surface area contributed by atoms with Crippen molar-refractivity contribution < 1.29 is 4.74 Å². The van der Waals surface area contributed by atoms with Crippen LogP contribution in [0.2, 0.25) is 25.7 Å². The van der Waals surface area contributed by atoms with Crippen molar-refractivity contribution in [2.75, 3.05) is 6.61 Å². The molecule has 1 rings (SSSR count). The molecule has 0 saturated heterocycles. The van der Waals surface area contributed by atoms with E-state index in [0.29, 0.717) is 13.2 Å². The van der Waals surface area contributed by atoms with Crippen LogP contribution in [0.1, 0.15) is 18.3 Å². The molecule has 2 N–H and O–H groups in total. The van der Waals surface area contributed by atoms with Gasteiger partial charge in [0.05, 0.1) is 6.04 Å². The highest BCUT2D eigenvalue weighted by Gasteiger charge is 2.19. The molecule has 1 aromatic heterocycles. The number of nitrogens with zero attached hydrogens (tertiary/aromatic N) is 2. The fraction of sp³-hybridized carbons (Fsp3) is 0.615. The average molecular weight is 425 g/mol. The summed E-state index contributed by atoms with van der Waals surface area (Å²) in [6.45, 7) is 12.0. The van der Waals surface area contributed by atoms with E-state index >= 15 is 0 Å². The third-order valence-corrected chi connectivity index (χ3v) is 6.46. The normalized spacial score (nSPS) is 13.5. The van der Waals surface area contributed by atoms with E-state index in [1.165, 1.54) is 0 Å². The molecule has 1 atom stereocenters. The zero-order chi connectivity index (χ0) is 15.3. The van der Waals surface area contributed by atoms with Crippen molar-refractivity contribution in [3.05, 3.63) is 27.7 Å². The van der Waals surface area contributed by atoms with Gasteiger partial charge in [-0.2, -0.15) is 0 Å². The van der Waals surface area contributed by atoms with Gasteiger partial charge in [-0.3, -0.25) is 4.57 Å². The van der Waals surface area contributed by atoms with Gasteiger partial charge in [0.15, 0.2) is 0 Å². The topological polar surface area (TPSA) is 53.1 Å². The van der Waals surface area contributed by atoms with Crippen molar-refractivity contribution in [2.45, 2.75) is 44.9 Å². The number of imidazole rings is 1. The Balaban J connectivity index is 2.70. The lowest BCUT2D eigenvalue weighted by atomic mass is 10.2. The molecule has 1 heterocycles. The van der Waals surface area contributed by atoms with E-state index < -0.39 is 8.07 Å². The van der Waals surface area contributed by atoms with E-state index in [0.717, 1.165) is 27.7 Å². The van der Waals surface area contributed by atoms with Crippen LogP contribution in [-0.2, 0) is 11.5 Å². The number of halogens is 2. The smallest absolute Gasteiger partial charge is 0.139 e. The maximum Gasteiger partial charge on any atom is 0.139 e. The minimum absolute atomic E-state index is 0.171. The Labute approximate surface area is 139 Å². The molecular weight excluding hydrogens is 402 g/mol. The highest BCUT2D eigenvalue weighted by Crippen LogP contribution is 2.27. The predicted molar refractivity (Wildman–Crippen MR) is 93.5 cm³/mol. The fourth-order valence-corrected chi connectivity index (χ4v) is 3.17. The van der Waals surface area contributed by atoms with Crippen LogP contribution < -0.4 is 5.73 Å². The summed E-state index contributed by atoms with van der Waals surface area (Å²) >= 11 is 6.93. The SMILES string of the molecule is C=CC[C@H](N)c1nc(Br)c(Br)n1COCC[Si](C)(C)C. The second-order valence-corrected chi connectivity index (χ2v) is 13.1. The summed E-state index contributed by atoms with van der Waals surface area (Å²) in [6, 6.07) is 0.977. The third kappa shape index (κ3) is 5.44. The molecule has 4 nitrogen and oxygen atoms in total. The summed E-state index contributed by atoms with van der Waals surface area (Å²) < 4.78 is 9.36. The number of aromatic nitrogens is 2. The van der Waals surface area contributed by atoms with Gasteiger partial charge in [0.25, 0.3) is 0 Å². The van der Waals surface area contributed by atoms with Gasteiger partial charge in [0.2, 0.25) is 0 Å². The van der Waals surface area contributed by atoms with Gasteiger partial charge in [-0.05, 0) is 44.3 Å². The summed E-state index contributed by atoms with van der Waals surface area (Å²) in [5.41, 5.74) is 6.12. The van der Waals surface area contributed by atoms with Gasteiger partial charge in [-0.1, -0.05) is 25.7 Å². The zero-order valence-electron chi connectivity index (χ0n) is 12.3. The summed E-state index contributed by atoms with van der Waals surface area (Å²) in [7, 11) is -1.06. The predicted octanol–water partition coefficient (Wildman–Crippen LogP) is 4.30. The second-order valence-electron chi connectivity index (χ2n) is 5.96. The third-order valence-electron chi connectivity index (χ3n) is 2.87. The van der Waals surface area contributed by atoms with Gasteiger partial charge in [0.1, 0.15) is 21.8 Å². The quantitative estimate of drug-likeness (QED) is 0.384. The lowest BCUT2D eigenvalue weighted by Crippen LogP contribution is -2.23. The van der Waals surface area contributed by atoms with Gasteiger partial charge < -0.3 is 10.5 Å². The molecule has 0 radical (unpaired) electrons. The van der Waals surface area contributed by atoms with Crippen LogP contribution in [0, 0.1) is 0 Å². The number of hydrogen-bond acceptors (Lipinski definition) is 3. The number of rotatable bonds is 8. The molecule has 114 valence electrons. The number of ether oxygens (including phenoxy) is 1. The molecule has 0 bridgehead atoms. The van der Waals surface area contributed by atoms with E-state index in [1.807, 2.05) is 4.57 Å². The number of nitrogens with two attached hydrogens (primary N) is 1. The minimum atomic E-state index is -1.06. The molecule has 0 unspecified atom stereocenters. The molecule has 20 heavy (non-hydrogen) atoms. The Morgan fingerprint density at radius 2 is 2.10 bits per heavy atom. The molecule has 0 saturated carbocycles. The Kier molecular flexibility index (Phi) is 7.14. The standard InChI is InChI=1S/C13H23Br2N3OSi/c1-5-6-10(16)13-17-11(14)12(15)18(13)9-19-7-8-20(2,3)4/h5,10H,1,6-9,16H2,2-4H3/t10-/m0/s1. The van der Waals surface area contributed by atoms with Crippen LogP contribution in [0.3, 0.4) is 0 Å². The van der Waals surface area contributed by atoms with Crippen LogP contribution in [0.15, 0.2) is 21.9 Å². The van der Waals surface area contributed by atoms with E-state index in [9.17, 15) is 0 Å². The van der Waals surface area contributed by atoms with Crippen molar-refractivity contribution in [1.29, 1.82) is 0 Å². The van der Waals surface area contributed by atoms with Crippen LogP contribution in [0.4, 0.5) is 0 Å². The molecular formula is C13H23Br2N3OSi. The Morgan fingerprint density at radius 3 is 2.65 bits per heavy atom. The Bertz CT molecular complexity index is 457. The molecule has 0 aromatic carbocycles. The lowest BCUT2D eigenvalue weighted by molar-refractivity contribution is 0.0828. The summed E-state index contributed by atoms with van der Waals surface area (Å²) in [5, 5.41) is 0. The Hall–Kier alpha value is 0.0469. The van der Waals surface area contributed by atoms with Gasteiger partial charge in [0, 0.05) is 14.7 Å². The highest BCUT2D eigenvalue weighted by atomic mass is 79.9. The maximum absolute atomic E-state index is 6.12. The molecule has 0 aliphatic heterocycles. The first kappa shape index (κ1) is 18.1. The largest absolute Gasteiger partial charge is 0.361 e. The summed E-state index contributed by atoms with van der Waals surface area (Å²) in [4.78, 5) is 4.44. The molecule has 0 spiro atoms. The van der Waals surface area contributed by atoms with Crippen molar-refractivity contribution in [3.63, 3.8) is 0 Å². The minimum Gasteiger partial charge on any atom is -0.361 e. The molecule has 7 heteroatoms. The van der Waals surface area contributed by atoms with Gasteiger partial charge in [-0.15, -0.1) is 6.58 Å². The molecule has 0 fully saturated rings. The van der Waals surface area contributed by atoms with E-state index in [-0.39, 0.29) is 6.04 Å². The molecule has 0 aliphatic rings. The second kappa shape index (κ2) is 7.89. The van der Waals surface area contributed by atoms with Crippen molar-refractivity contribution >= 4 is 39.9 Å². The van der Waals surface area contributed by atoms with Crippen molar-refractivity contribution in [3.8, 4) is 0 Å². The van der Waals surface area contributed by atoms with Gasteiger partial charge in [-0.25, -0.2) is 4.98 Å². The first-order chi connectivity index (χ1) is 9.26. The van der Waals surface area contributed by atoms with Crippen molar-refractivity contribution in [1.82, 2.24) is 9.55 Å². The van der Waals surface area contributed by atoms with E-state index in [1.54, 1.807) is 6.08 Å². The molecule has 1 aromatic rings. The summed E-state index contributed by atoms with van der Waals surface area (Å²) in [5.74, 6) is 0.802. The summed E-state index contributed by atoms with van der Waals surface area (Å²) in [6.07, 6.45) is 2.49. The fourth-order valence-electron chi connectivity index (χ4n) is 1.64. The van der Waals surface area contributed by atoms with Crippen LogP contribution in [-0.4, -0.2) is 24.2 Å². The number of hydrogen-bond donors (Lipinski definition) is 1. The zero-order valence-corrected chi connectivity index (χ0v) is 16.5. The first-order valence-electron chi connectivity index (χ1n) is 6.62. The van der Waals surface area contributed by atoms with Crippen molar-refractivity contribution in [2.24, 2.45) is 5.73 Å². The van der Waals surface area contributed by atoms with E-state index in [4.69, 9.17) is 10.5 Å². The monoisotopic (exact) mass is 423 g/mol. The van der Waals surface area contributed by atoms with Crippen LogP contribution in [0.5, 0.6) is 0 Å². The first-order valence-corrected chi connectivity index (χ1v) is 11.9. The molecule has 0 aliphatic carbocycles. The average Bonchev–Trinajstić information content (AvgIpc) is 2.61. The highest BCUT2D eigenvalue weighted by molar-refractivity contribution is 9.13. The lowest BCUT2D eigenvalue weighted by Gasteiger charge is -2.17. The van der Waals surface area contributed by atoms with Crippen LogP contribution in [0.25, 0.3) is 0 Å².